The molecule has 0 radical (unpaired) electrons. The summed E-state index contributed by atoms with van der Waals surface area (Å²) in [5, 5.41) is 19.2. The van der Waals surface area contributed by atoms with Crippen molar-refractivity contribution in [3.63, 3.8) is 0 Å². The first-order chi connectivity index (χ1) is 12.7. The molecule has 0 saturated carbocycles. The van der Waals surface area contributed by atoms with Crippen molar-refractivity contribution in [3.05, 3.63) is 29.8 Å². The van der Waals surface area contributed by atoms with Gasteiger partial charge in [-0.1, -0.05) is 12.1 Å². The predicted octanol–water partition coefficient (Wildman–Crippen LogP) is 1.81. The first kappa shape index (κ1) is 22.6. The van der Waals surface area contributed by atoms with Gasteiger partial charge in [0.05, 0.1) is 19.8 Å². The van der Waals surface area contributed by atoms with Gasteiger partial charge in [0.1, 0.15) is 11.4 Å². The van der Waals surface area contributed by atoms with Crippen molar-refractivity contribution >= 4 is 12.1 Å². The maximum Gasteiger partial charge on any atom is 0.407 e. The third-order valence-electron chi connectivity index (χ3n) is 3.33. The highest BCUT2D eigenvalue weighted by Gasteiger charge is 2.15. The zero-order valence-electron chi connectivity index (χ0n) is 16.8. The highest BCUT2D eigenvalue weighted by Crippen LogP contribution is 2.19. The molecule has 8 nitrogen and oxygen atoms in total. The number of ether oxygens (including phenoxy) is 2. The summed E-state index contributed by atoms with van der Waals surface area (Å²) in [6, 6.07) is 7.26. The lowest BCUT2D eigenvalue weighted by Gasteiger charge is -2.20. The molecule has 1 rings (SSSR count). The van der Waals surface area contributed by atoms with Crippen LogP contribution < -0.4 is 20.7 Å². The Bertz CT molecular complexity index is 614. The second-order valence-electron chi connectivity index (χ2n) is 6.87. The summed E-state index contributed by atoms with van der Waals surface area (Å²) in [6.45, 7) is 9.13. The summed E-state index contributed by atoms with van der Waals surface area (Å²) in [7, 11) is 1.59. The van der Waals surface area contributed by atoms with Gasteiger partial charge < -0.3 is 30.5 Å². The maximum atomic E-state index is 11.6. The summed E-state index contributed by atoms with van der Waals surface area (Å²) >= 11 is 0. The van der Waals surface area contributed by atoms with Crippen LogP contribution in [0.5, 0.6) is 5.75 Å². The van der Waals surface area contributed by atoms with E-state index < -0.39 is 17.8 Å². The molecule has 1 unspecified atom stereocenters. The minimum absolute atomic E-state index is 0.196. The molecule has 1 aromatic rings. The molecule has 152 valence electrons. The maximum absolute atomic E-state index is 11.6. The smallest absolute Gasteiger partial charge is 0.407 e. The molecular formula is C19H32N4O4. The molecule has 1 atom stereocenters. The second-order valence-corrected chi connectivity index (χ2v) is 6.87. The summed E-state index contributed by atoms with van der Waals surface area (Å²) in [6.07, 6.45) is -1.20. The van der Waals surface area contributed by atoms with E-state index in [2.05, 4.69) is 20.9 Å². The molecular weight excluding hydrogens is 348 g/mol. The van der Waals surface area contributed by atoms with E-state index >= 15 is 0 Å². The summed E-state index contributed by atoms with van der Waals surface area (Å²) < 4.78 is 10.3. The number of hydrogen-bond donors (Lipinski definition) is 4. The number of rotatable bonds is 8. The van der Waals surface area contributed by atoms with Gasteiger partial charge in [0, 0.05) is 19.6 Å². The van der Waals surface area contributed by atoms with Gasteiger partial charge in [-0.15, -0.1) is 0 Å². The van der Waals surface area contributed by atoms with E-state index in [0.717, 1.165) is 5.56 Å². The Balaban J connectivity index is 2.48. The number of guanidine groups is 1. The van der Waals surface area contributed by atoms with E-state index in [1.54, 1.807) is 13.2 Å². The topological polar surface area (TPSA) is 104 Å². The standard InChI is InChI=1S/C19H32N4O4/c1-6-20-17(21-10-11-22-18(25)27-19(2,3)4)23-13-16(24)14-8-7-9-15(12-14)26-5/h7-9,12,16,24H,6,10-11,13H2,1-5H3,(H,22,25)(H2,20,21,23). The van der Waals surface area contributed by atoms with Gasteiger partial charge in [-0.3, -0.25) is 4.99 Å². The van der Waals surface area contributed by atoms with Crippen LogP contribution in [0.3, 0.4) is 0 Å². The van der Waals surface area contributed by atoms with Crippen molar-refractivity contribution in [2.45, 2.75) is 39.4 Å². The molecule has 0 aromatic heterocycles. The monoisotopic (exact) mass is 380 g/mol. The summed E-state index contributed by atoms with van der Waals surface area (Å²) in [5.41, 5.74) is 0.213. The first-order valence-corrected chi connectivity index (χ1v) is 9.06. The molecule has 27 heavy (non-hydrogen) atoms. The normalized spacial score (nSPS) is 12.9. The van der Waals surface area contributed by atoms with E-state index in [9.17, 15) is 9.90 Å². The van der Waals surface area contributed by atoms with Crippen LogP contribution in [0.15, 0.2) is 29.3 Å². The Morgan fingerprint density at radius 1 is 1.22 bits per heavy atom. The van der Waals surface area contributed by atoms with Gasteiger partial charge in [0.2, 0.25) is 0 Å². The SMILES string of the molecule is CCNC(=NCC(O)c1cccc(OC)c1)NCCNC(=O)OC(C)(C)C. The van der Waals surface area contributed by atoms with Crippen LogP contribution in [-0.4, -0.2) is 56.0 Å². The molecule has 0 heterocycles. The van der Waals surface area contributed by atoms with E-state index in [1.165, 1.54) is 0 Å². The largest absolute Gasteiger partial charge is 0.497 e. The minimum Gasteiger partial charge on any atom is -0.497 e. The summed E-state index contributed by atoms with van der Waals surface area (Å²) in [4.78, 5) is 16.0. The lowest BCUT2D eigenvalue weighted by Crippen LogP contribution is -2.42. The van der Waals surface area contributed by atoms with Gasteiger partial charge >= 0.3 is 6.09 Å². The molecule has 8 heteroatoms. The molecule has 1 amide bonds. The average Bonchev–Trinajstić information content (AvgIpc) is 2.61. The fourth-order valence-corrected chi connectivity index (χ4v) is 2.13. The van der Waals surface area contributed by atoms with Crippen molar-refractivity contribution in [3.8, 4) is 5.75 Å². The van der Waals surface area contributed by atoms with Crippen molar-refractivity contribution in [1.82, 2.24) is 16.0 Å². The predicted molar refractivity (Wildman–Crippen MR) is 106 cm³/mol. The van der Waals surface area contributed by atoms with Crippen molar-refractivity contribution < 1.29 is 19.4 Å². The molecule has 0 aliphatic heterocycles. The van der Waals surface area contributed by atoms with Crippen LogP contribution in [0, 0.1) is 0 Å². The Kier molecular flexibility index (Phi) is 9.42. The van der Waals surface area contributed by atoms with Crippen LogP contribution in [-0.2, 0) is 4.74 Å². The second kappa shape index (κ2) is 11.3. The number of benzene rings is 1. The minimum atomic E-state index is -0.740. The van der Waals surface area contributed by atoms with Crippen molar-refractivity contribution in [2.75, 3.05) is 33.3 Å². The fourth-order valence-electron chi connectivity index (χ4n) is 2.13. The molecule has 4 N–H and O–H groups in total. The average molecular weight is 380 g/mol. The molecule has 0 saturated heterocycles. The van der Waals surface area contributed by atoms with Crippen LogP contribution in [0.25, 0.3) is 0 Å². The number of hydrogen-bond acceptors (Lipinski definition) is 5. The number of carbonyl (C=O) groups is 1. The van der Waals surface area contributed by atoms with Crippen LogP contribution >= 0.6 is 0 Å². The quantitative estimate of drug-likeness (QED) is 0.311. The van der Waals surface area contributed by atoms with E-state index in [1.807, 2.05) is 45.9 Å². The van der Waals surface area contributed by atoms with E-state index in [0.29, 0.717) is 31.3 Å². The molecule has 0 bridgehead atoms. The zero-order chi connectivity index (χ0) is 20.3. The number of nitrogens with one attached hydrogen (secondary N) is 3. The Labute approximate surface area is 161 Å². The van der Waals surface area contributed by atoms with Gasteiger partial charge in [0.25, 0.3) is 0 Å². The summed E-state index contributed by atoms with van der Waals surface area (Å²) in [5.74, 6) is 1.25. The Hall–Kier alpha value is -2.48. The molecule has 0 aliphatic rings. The van der Waals surface area contributed by atoms with Gasteiger partial charge in [0.15, 0.2) is 5.96 Å². The lowest BCUT2D eigenvalue weighted by atomic mass is 10.1. The van der Waals surface area contributed by atoms with Crippen molar-refractivity contribution in [2.24, 2.45) is 4.99 Å². The number of methoxy groups -OCH3 is 1. The number of alkyl carbamates (subject to hydrolysis) is 1. The number of aliphatic imine (C=N–C) groups is 1. The van der Waals surface area contributed by atoms with Crippen LogP contribution in [0.2, 0.25) is 0 Å². The molecule has 0 aliphatic carbocycles. The number of aliphatic hydroxyl groups is 1. The number of amides is 1. The number of aliphatic hydroxyl groups excluding tert-OH is 1. The molecule has 1 aromatic carbocycles. The van der Waals surface area contributed by atoms with Gasteiger partial charge in [-0.25, -0.2) is 4.79 Å². The van der Waals surface area contributed by atoms with E-state index in [4.69, 9.17) is 9.47 Å². The van der Waals surface area contributed by atoms with Gasteiger partial charge in [-0.2, -0.15) is 0 Å². The number of nitrogens with zero attached hydrogens (tertiary/aromatic N) is 1. The van der Waals surface area contributed by atoms with Gasteiger partial charge in [-0.05, 0) is 45.4 Å². The van der Waals surface area contributed by atoms with Crippen LogP contribution in [0.4, 0.5) is 4.79 Å². The Morgan fingerprint density at radius 3 is 2.56 bits per heavy atom. The van der Waals surface area contributed by atoms with E-state index in [-0.39, 0.29) is 6.54 Å². The Morgan fingerprint density at radius 2 is 1.93 bits per heavy atom. The lowest BCUT2D eigenvalue weighted by molar-refractivity contribution is 0.0529. The molecule has 0 fully saturated rings. The fraction of sp³-hybridized carbons (Fsp3) is 0.579. The first-order valence-electron chi connectivity index (χ1n) is 9.06. The molecule has 0 spiro atoms. The number of carbonyl (C=O) groups excluding carboxylic acids is 1. The highest BCUT2D eigenvalue weighted by molar-refractivity contribution is 5.79. The third kappa shape index (κ3) is 9.69. The van der Waals surface area contributed by atoms with Crippen LogP contribution in [0.1, 0.15) is 39.4 Å². The highest BCUT2D eigenvalue weighted by atomic mass is 16.6. The zero-order valence-corrected chi connectivity index (χ0v) is 16.8. The third-order valence-corrected chi connectivity index (χ3v) is 3.33. The van der Waals surface area contributed by atoms with Crippen molar-refractivity contribution in [1.29, 1.82) is 0 Å².